The van der Waals surface area contributed by atoms with Gasteiger partial charge in [-0.05, 0) is 54.7 Å². The molecule has 0 saturated carbocycles. The molecule has 2 aromatic heterocycles. The SMILES string of the molecule is CC(C)c1nc(C(=O)Nc2ccc(C3CCN(C(=O)c4cnc5cc(Br)ccc5c4)CC3)cc2)co1. The third-order valence-corrected chi connectivity index (χ3v) is 7.06. The van der Waals surface area contributed by atoms with Crippen molar-refractivity contribution in [3.63, 3.8) is 0 Å². The summed E-state index contributed by atoms with van der Waals surface area (Å²) in [5, 5.41) is 3.83. The molecule has 8 heteroatoms. The summed E-state index contributed by atoms with van der Waals surface area (Å²) in [6, 6.07) is 15.7. The second-order valence-electron chi connectivity index (χ2n) is 9.43. The summed E-state index contributed by atoms with van der Waals surface area (Å²) in [6.07, 6.45) is 4.84. The minimum absolute atomic E-state index is 0.0253. The number of piperidine rings is 1. The fourth-order valence-electron chi connectivity index (χ4n) is 4.50. The molecule has 1 fully saturated rings. The van der Waals surface area contributed by atoms with Crippen molar-refractivity contribution >= 4 is 44.3 Å². The highest BCUT2D eigenvalue weighted by atomic mass is 79.9. The van der Waals surface area contributed by atoms with Gasteiger partial charge in [-0.3, -0.25) is 14.6 Å². The van der Waals surface area contributed by atoms with Crippen LogP contribution in [0.2, 0.25) is 0 Å². The molecule has 0 bridgehead atoms. The quantitative estimate of drug-likeness (QED) is 0.313. The second kappa shape index (κ2) is 10.2. The van der Waals surface area contributed by atoms with E-state index in [2.05, 4.69) is 31.2 Å². The van der Waals surface area contributed by atoms with Crippen LogP contribution in [-0.2, 0) is 0 Å². The average molecular weight is 547 g/mol. The topological polar surface area (TPSA) is 88.3 Å². The molecule has 7 nitrogen and oxygen atoms in total. The summed E-state index contributed by atoms with van der Waals surface area (Å²) >= 11 is 3.46. The number of benzene rings is 2. The highest BCUT2D eigenvalue weighted by Crippen LogP contribution is 2.30. The highest BCUT2D eigenvalue weighted by molar-refractivity contribution is 9.10. The molecule has 1 N–H and O–H groups in total. The van der Waals surface area contributed by atoms with E-state index in [4.69, 9.17) is 4.42 Å². The van der Waals surface area contributed by atoms with Gasteiger partial charge in [-0.25, -0.2) is 4.98 Å². The lowest BCUT2D eigenvalue weighted by molar-refractivity contribution is 0.0712. The molecule has 0 aliphatic carbocycles. The first-order valence-electron chi connectivity index (χ1n) is 12.1. The van der Waals surface area contributed by atoms with Gasteiger partial charge in [-0.1, -0.05) is 48.0 Å². The Morgan fingerprint density at radius 2 is 1.83 bits per heavy atom. The molecule has 0 radical (unpaired) electrons. The van der Waals surface area contributed by atoms with Crippen molar-refractivity contribution in [2.45, 2.75) is 38.5 Å². The maximum absolute atomic E-state index is 13.1. The number of nitrogens with zero attached hydrogens (tertiary/aromatic N) is 3. The minimum Gasteiger partial charge on any atom is -0.448 e. The first-order valence-corrected chi connectivity index (χ1v) is 12.9. The molecule has 2 aromatic carbocycles. The Kier molecular flexibility index (Phi) is 6.87. The van der Waals surface area contributed by atoms with Crippen LogP contribution in [0.5, 0.6) is 0 Å². The molecule has 3 heterocycles. The zero-order chi connectivity index (χ0) is 25.2. The number of rotatable bonds is 5. The maximum atomic E-state index is 13.1. The van der Waals surface area contributed by atoms with E-state index in [1.807, 2.05) is 67.3 Å². The van der Waals surface area contributed by atoms with Crippen LogP contribution in [0.15, 0.2) is 69.9 Å². The third kappa shape index (κ3) is 5.18. The second-order valence-corrected chi connectivity index (χ2v) is 10.3. The standard InChI is InChI=1S/C28H27BrN4O3/c1-17(2)27-32-25(16-36-27)26(34)31-23-7-4-18(5-8-23)19-9-11-33(12-10-19)28(35)21-13-20-3-6-22(29)14-24(20)30-15-21/h3-8,13-17,19H,9-12H2,1-2H3,(H,31,34). The highest BCUT2D eigenvalue weighted by Gasteiger charge is 2.25. The molecule has 0 spiro atoms. The number of carbonyl (C=O) groups is 2. The van der Waals surface area contributed by atoms with E-state index >= 15 is 0 Å². The molecule has 1 aliphatic heterocycles. The zero-order valence-corrected chi connectivity index (χ0v) is 21.8. The van der Waals surface area contributed by atoms with Crippen LogP contribution in [0, 0.1) is 0 Å². The number of carbonyl (C=O) groups excluding carboxylic acids is 2. The predicted molar refractivity (Wildman–Crippen MR) is 142 cm³/mol. The van der Waals surface area contributed by atoms with Gasteiger partial charge >= 0.3 is 0 Å². The van der Waals surface area contributed by atoms with Crippen molar-refractivity contribution in [2.24, 2.45) is 0 Å². The van der Waals surface area contributed by atoms with Gasteiger partial charge in [0.25, 0.3) is 11.8 Å². The summed E-state index contributed by atoms with van der Waals surface area (Å²) in [7, 11) is 0. The predicted octanol–water partition coefficient (Wildman–Crippen LogP) is 6.38. The monoisotopic (exact) mass is 546 g/mol. The van der Waals surface area contributed by atoms with E-state index in [9.17, 15) is 9.59 Å². The lowest BCUT2D eigenvalue weighted by Crippen LogP contribution is -2.38. The molecule has 5 rings (SSSR count). The van der Waals surface area contributed by atoms with E-state index < -0.39 is 0 Å². The first kappa shape index (κ1) is 24.2. The number of likely N-dealkylation sites (tertiary alicyclic amines) is 1. The van der Waals surface area contributed by atoms with Crippen molar-refractivity contribution in [3.8, 4) is 0 Å². The van der Waals surface area contributed by atoms with Gasteiger partial charge in [0.2, 0.25) is 0 Å². The molecular formula is C28H27BrN4O3. The molecule has 0 atom stereocenters. The van der Waals surface area contributed by atoms with Gasteiger partial charge in [0, 0.05) is 40.8 Å². The maximum Gasteiger partial charge on any atom is 0.277 e. The summed E-state index contributed by atoms with van der Waals surface area (Å²) in [4.78, 5) is 36.2. The van der Waals surface area contributed by atoms with Gasteiger partial charge in [0.1, 0.15) is 6.26 Å². The summed E-state index contributed by atoms with van der Waals surface area (Å²) < 4.78 is 6.32. The van der Waals surface area contributed by atoms with Crippen LogP contribution in [0.4, 0.5) is 5.69 Å². The van der Waals surface area contributed by atoms with Crippen molar-refractivity contribution in [1.29, 1.82) is 0 Å². The molecule has 1 saturated heterocycles. The number of aromatic nitrogens is 2. The molecule has 184 valence electrons. The average Bonchev–Trinajstić information content (AvgIpc) is 3.40. The molecule has 4 aromatic rings. The van der Waals surface area contributed by atoms with Gasteiger partial charge in [-0.2, -0.15) is 0 Å². The largest absolute Gasteiger partial charge is 0.448 e. The Hall–Kier alpha value is -3.52. The minimum atomic E-state index is -0.291. The fraction of sp³-hybridized carbons (Fsp3) is 0.286. The van der Waals surface area contributed by atoms with Crippen molar-refractivity contribution in [3.05, 3.63) is 88.2 Å². The molecule has 0 unspecified atom stereocenters. The number of nitrogens with one attached hydrogen (secondary N) is 1. The van der Waals surface area contributed by atoms with Gasteiger partial charge in [0.05, 0.1) is 11.1 Å². The Bertz CT molecular complexity index is 1410. The Morgan fingerprint density at radius 3 is 2.53 bits per heavy atom. The van der Waals surface area contributed by atoms with E-state index in [-0.39, 0.29) is 23.4 Å². The van der Waals surface area contributed by atoms with Crippen LogP contribution in [0.1, 0.15) is 70.8 Å². The van der Waals surface area contributed by atoms with Crippen LogP contribution in [-0.4, -0.2) is 39.8 Å². The Morgan fingerprint density at radius 1 is 1.08 bits per heavy atom. The Labute approximate surface area is 218 Å². The molecule has 2 amide bonds. The molecular weight excluding hydrogens is 520 g/mol. The van der Waals surface area contributed by atoms with Gasteiger partial charge in [0.15, 0.2) is 11.6 Å². The number of pyridine rings is 1. The van der Waals surface area contributed by atoms with E-state index in [1.165, 1.54) is 11.8 Å². The number of anilines is 1. The lowest BCUT2D eigenvalue weighted by atomic mass is 9.89. The van der Waals surface area contributed by atoms with Crippen LogP contribution in [0.3, 0.4) is 0 Å². The van der Waals surface area contributed by atoms with Gasteiger partial charge < -0.3 is 14.6 Å². The van der Waals surface area contributed by atoms with Crippen molar-refractivity contribution < 1.29 is 14.0 Å². The fourth-order valence-corrected chi connectivity index (χ4v) is 4.85. The van der Waals surface area contributed by atoms with Gasteiger partial charge in [-0.15, -0.1) is 0 Å². The van der Waals surface area contributed by atoms with Crippen LogP contribution < -0.4 is 5.32 Å². The number of oxazole rings is 1. The number of hydrogen-bond donors (Lipinski definition) is 1. The molecule has 36 heavy (non-hydrogen) atoms. The number of hydrogen-bond acceptors (Lipinski definition) is 5. The molecule has 1 aliphatic rings. The Balaban J connectivity index is 1.17. The van der Waals surface area contributed by atoms with Crippen molar-refractivity contribution in [1.82, 2.24) is 14.9 Å². The summed E-state index contributed by atoms with van der Waals surface area (Å²) in [5.41, 5.74) is 3.67. The van der Waals surface area contributed by atoms with E-state index in [0.717, 1.165) is 28.2 Å². The van der Waals surface area contributed by atoms with Crippen LogP contribution in [0.25, 0.3) is 10.9 Å². The number of amides is 2. The normalized spacial score (nSPS) is 14.4. The third-order valence-electron chi connectivity index (χ3n) is 6.56. The van der Waals surface area contributed by atoms with Crippen molar-refractivity contribution in [2.75, 3.05) is 18.4 Å². The van der Waals surface area contributed by atoms with E-state index in [1.54, 1.807) is 6.20 Å². The smallest absolute Gasteiger partial charge is 0.277 e. The summed E-state index contributed by atoms with van der Waals surface area (Å²) in [5.74, 6) is 0.776. The summed E-state index contributed by atoms with van der Waals surface area (Å²) in [6.45, 7) is 5.33. The number of halogens is 1. The zero-order valence-electron chi connectivity index (χ0n) is 20.2. The first-order chi connectivity index (χ1) is 17.4. The van der Waals surface area contributed by atoms with Crippen LogP contribution >= 0.6 is 15.9 Å². The van der Waals surface area contributed by atoms with E-state index in [0.29, 0.717) is 36.1 Å². The number of fused-ring (bicyclic) bond motifs is 1. The lowest BCUT2D eigenvalue weighted by Gasteiger charge is -2.32.